The molecule has 3 N–H and O–H groups in total. The predicted octanol–water partition coefficient (Wildman–Crippen LogP) is 3.31. The number of halogens is 1. The Balaban J connectivity index is 1.97. The van der Waals surface area contributed by atoms with E-state index in [9.17, 15) is 19.8 Å². The smallest absolute Gasteiger partial charge is 0.190 e. The van der Waals surface area contributed by atoms with E-state index in [0.29, 0.717) is 5.75 Å². The highest BCUT2D eigenvalue weighted by molar-refractivity contribution is 6.37. The minimum Gasteiger partial charge on any atom is -0.505 e. The Hall–Kier alpha value is -2.99. The Bertz CT molecular complexity index is 903. The second-order valence-corrected chi connectivity index (χ2v) is 5.78. The number of hydrogen-bond donors (Lipinski definition) is 3. The molecule has 0 amide bonds. The summed E-state index contributed by atoms with van der Waals surface area (Å²) >= 11 is 6.08. The van der Waals surface area contributed by atoms with Crippen LogP contribution >= 0.6 is 11.6 Å². The summed E-state index contributed by atoms with van der Waals surface area (Å²) < 4.78 is 5.08. The van der Waals surface area contributed by atoms with Crippen LogP contribution in [0.15, 0.2) is 36.4 Å². The number of carbonyl (C=O) groups excluding carboxylic acids is 2. The summed E-state index contributed by atoms with van der Waals surface area (Å²) in [6, 6.07) is 7.17. The summed E-state index contributed by atoms with van der Waals surface area (Å²) in [6.45, 7) is 0.271. The van der Waals surface area contributed by atoms with Crippen molar-refractivity contribution in [1.29, 1.82) is 0 Å². The lowest BCUT2D eigenvalue weighted by molar-refractivity contribution is 0.0989. The van der Waals surface area contributed by atoms with Gasteiger partial charge in [-0.15, -0.1) is 0 Å². The summed E-state index contributed by atoms with van der Waals surface area (Å²) in [5.74, 6) is -1.46. The van der Waals surface area contributed by atoms with Gasteiger partial charge in [0.15, 0.2) is 17.3 Å². The van der Waals surface area contributed by atoms with E-state index in [1.165, 1.54) is 0 Å². The topological polar surface area (TPSA) is 95.9 Å². The number of benzene rings is 2. The van der Waals surface area contributed by atoms with Gasteiger partial charge in [0.05, 0.1) is 18.2 Å². The van der Waals surface area contributed by atoms with Crippen LogP contribution in [0.4, 0.5) is 5.69 Å². The number of rotatable bonds is 4. The molecule has 0 radical (unpaired) electrons. The highest BCUT2D eigenvalue weighted by atomic mass is 35.5. The van der Waals surface area contributed by atoms with Gasteiger partial charge in [-0.1, -0.05) is 23.7 Å². The molecule has 0 unspecified atom stereocenters. The molecule has 128 valence electrons. The van der Waals surface area contributed by atoms with Crippen molar-refractivity contribution in [2.75, 3.05) is 12.4 Å². The molecule has 7 heteroatoms. The zero-order chi connectivity index (χ0) is 18.1. The van der Waals surface area contributed by atoms with E-state index >= 15 is 0 Å². The van der Waals surface area contributed by atoms with Gasteiger partial charge in [-0.3, -0.25) is 9.59 Å². The molecule has 1 aliphatic carbocycles. The minimum absolute atomic E-state index is 0.00909. The normalized spacial score (nSPS) is 12.9. The fourth-order valence-corrected chi connectivity index (χ4v) is 2.84. The number of ether oxygens (including phenoxy) is 1. The van der Waals surface area contributed by atoms with Gasteiger partial charge < -0.3 is 20.3 Å². The van der Waals surface area contributed by atoms with Crippen molar-refractivity contribution in [3.8, 4) is 17.2 Å². The van der Waals surface area contributed by atoms with Crippen molar-refractivity contribution < 1.29 is 24.5 Å². The van der Waals surface area contributed by atoms with Gasteiger partial charge >= 0.3 is 0 Å². The van der Waals surface area contributed by atoms with E-state index in [4.69, 9.17) is 16.3 Å². The summed E-state index contributed by atoms with van der Waals surface area (Å²) in [5.41, 5.74) is 0.303. The van der Waals surface area contributed by atoms with Gasteiger partial charge in [-0.2, -0.15) is 0 Å². The van der Waals surface area contributed by atoms with E-state index in [1.807, 2.05) is 12.1 Å². The molecule has 0 heterocycles. The number of ketones is 2. The molecular formula is C18H14ClNO5. The van der Waals surface area contributed by atoms with Crippen LogP contribution in [0.2, 0.25) is 5.02 Å². The Morgan fingerprint density at radius 3 is 2.12 bits per heavy atom. The summed E-state index contributed by atoms with van der Waals surface area (Å²) in [7, 11) is 1.56. The molecule has 0 aromatic heterocycles. The van der Waals surface area contributed by atoms with Crippen molar-refractivity contribution in [1.82, 2.24) is 0 Å². The molecule has 0 spiro atoms. The van der Waals surface area contributed by atoms with Crippen molar-refractivity contribution in [2.45, 2.75) is 6.54 Å². The van der Waals surface area contributed by atoms with Gasteiger partial charge in [0.1, 0.15) is 22.2 Å². The van der Waals surface area contributed by atoms with E-state index in [2.05, 4.69) is 5.32 Å². The maximum atomic E-state index is 12.0. The molecule has 0 saturated heterocycles. The molecule has 0 aliphatic heterocycles. The molecule has 0 fully saturated rings. The Morgan fingerprint density at radius 2 is 1.56 bits per heavy atom. The van der Waals surface area contributed by atoms with E-state index in [1.54, 1.807) is 19.2 Å². The number of carbonyl (C=O) groups is 2. The first-order valence-electron chi connectivity index (χ1n) is 7.35. The van der Waals surface area contributed by atoms with Crippen LogP contribution in [0.1, 0.15) is 26.3 Å². The molecule has 2 aromatic rings. The number of aromatic hydroxyl groups is 2. The van der Waals surface area contributed by atoms with Crippen LogP contribution in [0, 0.1) is 0 Å². The average molecular weight is 360 g/mol. The van der Waals surface area contributed by atoms with Gasteiger partial charge in [0.2, 0.25) is 0 Å². The molecule has 0 bridgehead atoms. The lowest BCUT2D eigenvalue weighted by Gasteiger charge is -2.19. The zero-order valence-electron chi connectivity index (χ0n) is 13.2. The minimum atomic E-state index is -0.592. The highest BCUT2D eigenvalue weighted by Crippen LogP contribution is 2.46. The van der Waals surface area contributed by atoms with Crippen LogP contribution in [0.5, 0.6) is 17.2 Å². The molecule has 0 atom stereocenters. The third kappa shape index (κ3) is 2.92. The Morgan fingerprint density at radius 1 is 1.00 bits per heavy atom. The largest absolute Gasteiger partial charge is 0.505 e. The van der Waals surface area contributed by atoms with Crippen molar-refractivity contribution in [3.05, 3.63) is 58.1 Å². The lowest BCUT2D eigenvalue weighted by atomic mass is 9.92. The van der Waals surface area contributed by atoms with Crippen molar-refractivity contribution in [2.24, 2.45) is 0 Å². The number of anilines is 1. The number of phenolic OH excluding ortho intramolecular Hbond substituents is 2. The third-order valence-corrected chi connectivity index (χ3v) is 4.26. The predicted molar refractivity (Wildman–Crippen MR) is 92.9 cm³/mol. The third-order valence-electron chi connectivity index (χ3n) is 3.90. The fraction of sp³-hybridized carbons (Fsp3) is 0.111. The first-order chi connectivity index (χ1) is 11.9. The van der Waals surface area contributed by atoms with E-state index in [0.717, 1.165) is 17.7 Å². The number of nitrogens with one attached hydrogen (secondary N) is 1. The first kappa shape index (κ1) is 16.9. The van der Waals surface area contributed by atoms with Crippen molar-refractivity contribution in [3.63, 3.8) is 0 Å². The quantitative estimate of drug-likeness (QED) is 0.572. The van der Waals surface area contributed by atoms with Crippen LogP contribution in [0.25, 0.3) is 0 Å². The standard InChI is InChI=1S/C18H14ClNO5/c1-25-10-4-2-9(3-5-10)8-20-16-15(19)17(23)13-11(21)6-7-12(22)14(13)18(16)24/h2-7,20,23-24H,8H2,1H3. The Kier molecular flexibility index (Phi) is 4.37. The molecule has 2 aromatic carbocycles. The second kappa shape index (κ2) is 6.49. The van der Waals surface area contributed by atoms with Crippen molar-refractivity contribution >= 4 is 28.9 Å². The number of phenols is 2. The van der Waals surface area contributed by atoms with Crippen LogP contribution in [-0.2, 0) is 6.54 Å². The maximum Gasteiger partial charge on any atom is 0.190 e. The van der Waals surface area contributed by atoms with Gasteiger partial charge in [0, 0.05) is 6.54 Å². The fourth-order valence-electron chi connectivity index (χ4n) is 2.59. The zero-order valence-corrected chi connectivity index (χ0v) is 13.9. The molecular weight excluding hydrogens is 346 g/mol. The summed E-state index contributed by atoms with van der Waals surface area (Å²) in [5, 5.41) is 23.3. The monoisotopic (exact) mass is 359 g/mol. The van der Waals surface area contributed by atoms with Gasteiger partial charge in [-0.25, -0.2) is 0 Å². The summed E-state index contributed by atoms with van der Waals surface area (Å²) in [6.07, 6.45) is 2.08. The maximum absolute atomic E-state index is 12.0. The molecule has 1 aliphatic rings. The van der Waals surface area contributed by atoms with E-state index in [-0.39, 0.29) is 28.4 Å². The number of fused-ring (bicyclic) bond motifs is 1. The summed E-state index contributed by atoms with van der Waals surface area (Å²) in [4.78, 5) is 23.9. The van der Waals surface area contributed by atoms with E-state index < -0.39 is 23.1 Å². The molecule has 3 rings (SSSR count). The molecule has 6 nitrogen and oxygen atoms in total. The van der Waals surface area contributed by atoms with Gasteiger partial charge in [0.25, 0.3) is 0 Å². The average Bonchev–Trinajstić information content (AvgIpc) is 2.62. The number of methoxy groups -OCH3 is 1. The molecule has 25 heavy (non-hydrogen) atoms. The highest BCUT2D eigenvalue weighted by Gasteiger charge is 2.31. The van der Waals surface area contributed by atoms with Crippen LogP contribution < -0.4 is 10.1 Å². The Labute approximate surface area is 148 Å². The second-order valence-electron chi connectivity index (χ2n) is 5.40. The van der Waals surface area contributed by atoms with Crippen LogP contribution in [0.3, 0.4) is 0 Å². The number of hydrogen-bond acceptors (Lipinski definition) is 6. The number of allylic oxidation sites excluding steroid dienone is 2. The van der Waals surface area contributed by atoms with Crippen LogP contribution in [-0.4, -0.2) is 28.9 Å². The molecule has 0 saturated carbocycles. The van der Waals surface area contributed by atoms with Gasteiger partial charge in [-0.05, 0) is 29.8 Å². The lowest BCUT2D eigenvalue weighted by Crippen LogP contribution is -2.14. The SMILES string of the molecule is COc1ccc(CNc2c(O)c3c(c(O)c2Cl)C(=O)C=CC3=O)cc1. The first-order valence-corrected chi connectivity index (χ1v) is 7.72.